The molecule has 0 unspecified atom stereocenters. The van der Waals surface area contributed by atoms with Crippen molar-refractivity contribution in [1.82, 2.24) is 23.3 Å². The van der Waals surface area contributed by atoms with E-state index in [1.165, 1.54) is 0 Å². The van der Waals surface area contributed by atoms with E-state index < -0.39 is 0 Å². The molecule has 0 bridgehead atoms. The molecule has 0 spiro atoms. The second kappa shape index (κ2) is 22.5. The van der Waals surface area contributed by atoms with Crippen LogP contribution in [-0.2, 0) is 0 Å². The molecule has 5 heterocycles. The van der Waals surface area contributed by atoms with Crippen molar-refractivity contribution >= 4 is 87.2 Å². The van der Waals surface area contributed by atoms with Crippen LogP contribution in [0.4, 0.5) is 0 Å². The molecule has 0 aliphatic rings. The van der Waals surface area contributed by atoms with Crippen LogP contribution < -0.4 is 0 Å². The molecule has 98 heavy (non-hydrogen) atoms. The highest BCUT2D eigenvalue weighted by molar-refractivity contribution is 6.15. The second-order valence-electron chi connectivity index (χ2n) is 24.6. The minimum Gasteiger partial charge on any atom is -0.309 e. The van der Waals surface area contributed by atoms with Crippen molar-refractivity contribution < 1.29 is 0 Å². The lowest BCUT2D eigenvalue weighted by molar-refractivity contribution is 1.18. The van der Waals surface area contributed by atoms with E-state index in [4.69, 9.17) is 0 Å². The molecule has 10 nitrogen and oxygen atoms in total. The largest absolute Gasteiger partial charge is 0.309 e. The summed E-state index contributed by atoms with van der Waals surface area (Å²) in [6.07, 6.45) is 3.62. The van der Waals surface area contributed by atoms with Gasteiger partial charge in [0.25, 0.3) is 0 Å². The lowest BCUT2D eigenvalue weighted by atomic mass is 9.76. The van der Waals surface area contributed by atoms with Crippen molar-refractivity contribution in [3.63, 3.8) is 0 Å². The summed E-state index contributed by atoms with van der Waals surface area (Å²) < 4.78 is 8.98. The van der Waals surface area contributed by atoms with Gasteiger partial charge in [-0.15, -0.1) is 0 Å². The summed E-state index contributed by atoms with van der Waals surface area (Å²) in [5, 5.41) is 60.8. The molecule has 0 aliphatic carbocycles. The molecule has 0 saturated heterocycles. The van der Waals surface area contributed by atoms with Crippen molar-refractivity contribution in [3.05, 3.63) is 319 Å². The maximum absolute atomic E-state index is 12.5. The van der Waals surface area contributed by atoms with Crippen molar-refractivity contribution in [3.8, 4) is 109 Å². The van der Waals surface area contributed by atoms with E-state index in [9.17, 15) is 26.3 Å². The van der Waals surface area contributed by atoms with E-state index in [0.29, 0.717) is 27.8 Å². The van der Waals surface area contributed by atoms with Crippen molar-refractivity contribution in [2.75, 3.05) is 0 Å². The summed E-state index contributed by atoms with van der Waals surface area (Å²) in [6.45, 7) is 0. The van der Waals surface area contributed by atoms with Gasteiger partial charge in [-0.05, 0) is 202 Å². The molecule has 0 aliphatic heterocycles. The van der Waals surface area contributed by atoms with E-state index in [1.807, 2.05) is 146 Å². The number of pyridine rings is 1. The van der Waals surface area contributed by atoms with Crippen LogP contribution in [0.2, 0.25) is 0 Å². The fraction of sp³-hybridized carbons (Fsp3) is 0. The van der Waals surface area contributed by atoms with Crippen LogP contribution >= 0.6 is 0 Å². The number of fused-ring (bicyclic) bond motifs is 12. The van der Waals surface area contributed by atoms with Crippen molar-refractivity contribution in [2.24, 2.45) is 0 Å². The highest BCUT2D eigenvalue weighted by Crippen LogP contribution is 2.54. The van der Waals surface area contributed by atoms with Crippen LogP contribution in [0, 0.1) is 56.7 Å². The zero-order valence-corrected chi connectivity index (χ0v) is 52.2. The average Bonchev–Trinajstić information content (AvgIpc) is 1.03. The Morgan fingerprint density at radius 3 is 0.714 bits per heavy atom. The van der Waals surface area contributed by atoms with Crippen LogP contribution in [0.25, 0.3) is 166 Å². The molecule has 0 fully saturated rings. The van der Waals surface area contributed by atoms with E-state index >= 15 is 0 Å². The Hall–Kier alpha value is -14.3. The molecule has 450 valence electrons. The molecule has 13 aromatic carbocycles. The van der Waals surface area contributed by atoms with E-state index in [-0.39, 0.29) is 0 Å². The molecule has 5 aromatic heterocycles. The number of hydrogen-bond acceptors (Lipinski definition) is 6. The number of aromatic nitrogens is 5. The van der Waals surface area contributed by atoms with Crippen molar-refractivity contribution in [1.29, 1.82) is 26.3 Å². The number of rotatable bonds is 9. The highest BCUT2D eigenvalue weighted by Gasteiger charge is 2.30. The molecule has 18 aromatic rings. The average molecular weight is 1250 g/mol. The summed E-state index contributed by atoms with van der Waals surface area (Å²) in [6, 6.07) is 107. The fourth-order valence-electron chi connectivity index (χ4n) is 15.2. The fourth-order valence-corrected chi connectivity index (χ4v) is 15.2. The zero-order chi connectivity index (χ0) is 65.7. The predicted octanol–water partition coefficient (Wildman–Crippen LogP) is 21.2. The highest BCUT2D eigenvalue weighted by atomic mass is 15.0. The molecule has 0 atom stereocenters. The third kappa shape index (κ3) is 8.66. The van der Waals surface area contributed by atoms with Gasteiger partial charge in [0.15, 0.2) is 0 Å². The van der Waals surface area contributed by atoms with Gasteiger partial charge in [0.2, 0.25) is 0 Å². The van der Waals surface area contributed by atoms with E-state index in [1.54, 1.807) is 0 Å². The first-order valence-corrected chi connectivity index (χ1v) is 32.1. The number of benzene rings is 13. The van der Waals surface area contributed by atoms with E-state index in [0.717, 1.165) is 166 Å². The van der Waals surface area contributed by atoms with Gasteiger partial charge in [0.05, 0.1) is 96.2 Å². The first-order valence-electron chi connectivity index (χ1n) is 32.1. The minimum absolute atomic E-state index is 0.469. The summed E-state index contributed by atoms with van der Waals surface area (Å²) in [5.41, 5.74) is 22.6. The summed E-state index contributed by atoms with van der Waals surface area (Å²) >= 11 is 0. The van der Waals surface area contributed by atoms with Gasteiger partial charge in [-0.1, -0.05) is 121 Å². The molecule has 0 radical (unpaired) electrons. The lowest BCUT2D eigenvalue weighted by Crippen LogP contribution is -2.03. The van der Waals surface area contributed by atoms with Crippen LogP contribution in [0.3, 0.4) is 0 Å². The zero-order valence-electron chi connectivity index (χ0n) is 52.2. The minimum atomic E-state index is 0.469. The third-order valence-corrected chi connectivity index (χ3v) is 19.4. The first-order chi connectivity index (χ1) is 48.4. The van der Waals surface area contributed by atoms with Crippen LogP contribution in [0.15, 0.2) is 291 Å². The summed E-state index contributed by atoms with van der Waals surface area (Å²) in [7, 11) is 0. The van der Waals surface area contributed by atoms with Gasteiger partial charge < -0.3 is 18.3 Å². The molecular formula is C88H48N10. The van der Waals surface area contributed by atoms with Gasteiger partial charge in [0.1, 0.15) is 6.07 Å². The predicted molar refractivity (Wildman–Crippen MR) is 392 cm³/mol. The summed E-state index contributed by atoms with van der Waals surface area (Å²) in [5.74, 6) is 0. The van der Waals surface area contributed by atoms with Crippen LogP contribution in [0.5, 0.6) is 0 Å². The second-order valence-corrected chi connectivity index (χ2v) is 24.6. The summed E-state index contributed by atoms with van der Waals surface area (Å²) in [4.78, 5) is 4.59. The van der Waals surface area contributed by atoms with Gasteiger partial charge in [-0.3, -0.25) is 4.98 Å². The molecular weight excluding hydrogens is 1200 g/mol. The monoisotopic (exact) mass is 1240 g/mol. The number of nitriles is 5. The number of para-hydroxylation sites is 4. The maximum atomic E-state index is 12.5. The first kappa shape index (κ1) is 56.4. The Balaban J connectivity index is 0.930. The lowest BCUT2D eigenvalue weighted by Gasteiger charge is -2.26. The number of nitrogens with zero attached hydrogens (tertiary/aromatic N) is 10. The van der Waals surface area contributed by atoms with Gasteiger partial charge >= 0.3 is 0 Å². The Labute approximate surface area is 561 Å². The van der Waals surface area contributed by atoms with Gasteiger partial charge in [-0.2, -0.15) is 26.3 Å². The SMILES string of the molecule is N#Cc1ccc2c(c1)c1ccccc1n2-c1ccc(-c2c(C#N)c(-c3ccc(-n4c5ccccc5c5cc(C#N)ccc54)cc3)c(-c3ccc(-n4c5ccccc5c5cc(C#N)ccc54)cc3)c(-c3ccc(-n4c5ccccc5c5cc(C#N)ccc54)cc3)c2-c2ccncc2)cc1. The Morgan fingerprint density at radius 2 is 0.449 bits per heavy atom. The Kier molecular flexibility index (Phi) is 12.9. The Morgan fingerprint density at radius 1 is 0.214 bits per heavy atom. The maximum Gasteiger partial charge on any atom is 0.100 e. The third-order valence-electron chi connectivity index (χ3n) is 19.4. The van der Waals surface area contributed by atoms with Gasteiger partial charge in [0, 0.05) is 89.4 Å². The number of hydrogen-bond donors (Lipinski definition) is 0. The molecule has 0 saturated carbocycles. The molecule has 10 heteroatoms. The van der Waals surface area contributed by atoms with Crippen LogP contribution in [0.1, 0.15) is 27.8 Å². The molecule has 18 rings (SSSR count). The van der Waals surface area contributed by atoms with Crippen LogP contribution in [-0.4, -0.2) is 23.3 Å². The normalized spacial score (nSPS) is 11.4. The van der Waals surface area contributed by atoms with Crippen molar-refractivity contribution in [2.45, 2.75) is 0 Å². The smallest absolute Gasteiger partial charge is 0.100 e. The Bertz CT molecular complexity index is 6630. The standard InChI is InChI=1S/C88H48N10/c89-49-54-17-37-80-71(45-54)67-9-1-5-13-76(67)95(80)63-29-21-58(22-30-63)84-75(53-93)85(59-23-31-64(32-24-59)96-77-14-6-2-10-68(77)72-46-55(50-90)18-38-81(72)96)87(62-41-43-94-44-42-62)88(61-27-35-66(36-28-61)98-79-16-8-4-12-70(79)74-48-57(52-92)20-40-83(74)98)86(84)60-25-33-65(34-26-60)97-78-15-7-3-11-69(78)73-47-56(51-91)19-39-82(73)97/h1-48H. The quantitative estimate of drug-likeness (QED) is 0.140. The molecule has 0 amide bonds. The topological polar surface area (TPSA) is 152 Å². The van der Waals surface area contributed by atoms with Gasteiger partial charge in [-0.25, -0.2) is 0 Å². The molecule has 0 N–H and O–H groups in total. The van der Waals surface area contributed by atoms with E-state index in [2.05, 4.69) is 199 Å².